The minimum Gasteiger partial charge on any atom is -0.497 e. The van der Waals surface area contributed by atoms with Crippen molar-refractivity contribution in [3.63, 3.8) is 0 Å². The monoisotopic (exact) mass is 553 g/mol. The van der Waals surface area contributed by atoms with Gasteiger partial charge in [0.1, 0.15) is 10.6 Å². The topological polar surface area (TPSA) is 79.5 Å². The number of hydrogen-bond donors (Lipinski definition) is 3. The summed E-state index contributed by atoms with van der Waals surface area (Å²) in [5, 5.41) is 6.28. The number of aryl methyl sites for hydroxylation is 1. The lowest BCUT2D eigenvalue weighted by Crippen LogP contribution is -2.22. The summed E-state index contributed by atoms with van der Waals surface area (Å²) in [6.07, 6.45) is 0. The molecule has 0 radical (unpaired) electrons. The average Bonchev–Trinajstić information content (AvgIpc) is 2.71. The third kappa shape index (κ3) is 5.83. The highest BCUT2D eigenvalue weighted by Crippen LogP contribution is 2.26. The fraction of sp³-hybridized carbons (Fsp3) is 0.0952. The maximum Gasteiger partial charge on any atom is 0.263 e. The van der Waals surface area contributed by atoms with E-state index >= 15 is 0 Å². The van der Waals surface area contributed by atoms with E-state index in [-0.39, 0.29) is 10.0 Å². The summed E-state index contributed by atoms with van der Waals surface area (Å²) in [4.78, 5) is 0.107. The molecule has 9 heteroatoms. The van der Waals surface area contributed by atoms with Crippen LogP contribution >= 0.6 is 34.8 Å². The Balaban J connectivity index is 1.83. The summed E-state index contributed by atoms with van der Waals surface area (Å²) in [5.74, 6) is 0.683. The summed E-state index contributed by atoms with van der Waals surface area (Å²) < 4.78 is 34.9. The van der Waals surface area contributed by atoms with Gasteiger partial charge in [0, 0.05) is 21.0 Å². The number of anilines is 3. The van der Waals surface area contributed by atoms with Crippen molar-refractivity contribution in [1.82, 2.24) is 0 Å². The van der Waals surface area contributed by atoms with E-state index < -0.39 is 10.0 Å². The summed E-state index contributed by atoms with van der Waals surface area (Å²) in [6, 6.07) is 19.5. The number of methoxy groups -OCH3 is 1. The summed E-state index contributed by atoms with van der Waals surface area (Å²) in [6.45, 7) is 1.83. The van der Waals surface area contributed by atoms with Crippen molar-refractivity contribution in [2.24, 2.45) is 0 Å². The van der Waals surface area contributed by atoms with Crippen LogP contribution in [0, 0.1) is 10.5 Å². The van der Waals surface area contributed by atoms with Crippen molar-refractivity contribution in [3.05, 3.63) is 75.9 Å². The van der Waals surface area contributed by atoms with Crippen LogP contribution in [-0.2, 0) is 10.0 Å². The van der Waals surface area contributed by atoms with Gasteiger partial charge in [-0.2, -0.15) is 0 Å². The fourth-order valence-electron chi connectivity index (χ4n) is 2.67. The molecule has 0 aliphatic carbocycles. The second kappa shape index (κ2) is 9.63. The lowest BCUT2D eigenvalue weighted by molar-refractivity contribution is 0.415. The van der Waals surface area contributed by atoms with E-state index in [1.54, 1.807) is 37.4 Å². The molecule has 0 aliphatic rings. The van der Waals surface area contributed by atoms with Crippen LogP contribution in [0.5, 0.6) is 5.75 Å². The predicted molar refractivity (Wildman–Crippen MR) is 134 cm³/mol. The fourth-order valence-corrected chi connectivity index (χ4v) is 4.56. The van der Waals surface area contributed by atoms with E-state index in [0.29, 0.717) is 17.1 Å². The lowest BCUT2D eigenvalue weighted by atomic mass is 10.2. The van der Waals surface area contributed by atoms with Gasteiger partial charge in [-0.15, -0.1) is 0 Å². The van der Waals surface area contributed by atoms with Gasteiger partial charge in [-0.1, -0.05) is 12.1 Å². The van der Waals surface area contributed by atoms with Gasteiger partial charge in [-0.05, 0) is 95.8 Å². The van der Waals surface area contributed by atoms with Crippen molar-refractivity contribution in [2.75, 3.05) is 22.5 Å². The molecule has 0 spiro atoms. The van der Waals surface area contributed by atoms with Crippen molar-refractivity contribution in [2.45, 2.75) is 11.8 Å². The summed E-state index contributed by atoms with van der Waals surface area (Å²) in [7, 11) is -2.25. The maximum atomic E-state index is 13.0. The van der Waals surface area contributed by atoms with E-state index in [1.807, 2.05) is 43.3 Å². The van der Waals surface area contributed by atoms with Crippen LogP contribution in [0.15, 0.2) is 71.6 Å². The first-order valence-corrected chi connectivity index (χ1v) is 11.8. The molecule has 3 rings (SSSR count). The van der Waals surface area contributed by atoms with Gasteiger partial charge < -0.3 is 15.4 Å². The Labute approximate surface area is 195 Å². The Kier molecular flexibility index (Phi) is 7.16. The minimum atomic E-state index is -3.83. The number of benzene rings is 3. The maximum absolute atomic E-state index is 13.0. The van der Waals surface area contributed by atoms with Crippen LogP contribution in [0.25, 0.3) is 0 Å². The molecule has 0 atom stereocenters. The van der Waals surface area contributed by atoms with E-state index in [9.17, 15) is 8.42 Å². The molecule has 0 heterocycles. The average molecular weight is 553 g/mol. The minimum absolute atomic E-state index is 0.107. The predicted octanol–water partition coefficient (Wildman–Crippen LogP) is 5.22. The number of halogens is 1. The Bertz CT molecular complexity index is 1170. The number of ether oxygens (including phenoxy) is 1. The third-order valence-corrected chi connectivity index (χ3v) is 6.44. The molecule has 0 saturated carbocycles. The van der Waals surface area contributed by atoms with Crippen molar-refractivity contribution < 1.29 is 13.2 Å². The van der Waals surface area contributed by atoms with E-state index in [2.05, 4.69) is 37.9 Å². The number of sulfonamides is 1. The van der Waals surface area contributed by atoms with Crippen LogP contribution in [0.1, 0.15) is 5.56 Å². The molecule has 6 nitrogen and oxygen atoms in total. The number of rotatable bonds is 6. The lowest BCUT2D eigenvalue weighted by Gasteiger charge is -2.16. The van der Waals surface area contributed by atoms with E-state index in [0.717, 1.165) is 14.8 Å². The van der Waals surface area contributed by atoms with Crippen LogP contribution in [0.4, 0.5) is 17.1 Å². The number of nitrogens with one attached hydrogen (secondary N) is 3. The zero-order chi connectivity index (χ0) is 21.7. The molecule has 0 fully saturated rings. The van der Waals surface area contributed by atoms with Crippen LogP contribution in [0.3, 0.4) is 0 Å². The van der Waals surface area contributed by atoms with Gasteiger partial charge in [0.15, 0.2) is 5.11 Å². The Morgan fingerprint density at radius 2 is 1.70 bits per heavy atom. The number of hydrogen-bond acceptors (Lipinski definition) is 4. The molecular formula is C21H20IN3O3S2. The second-order valence-corrected chi connectivity index (χ2v) is 9.73. The van der Waals surface area contributed by atoms with Gasteiger partial charge in [-0.25, -0.2) is 8.42 Å². The molecule has 30 heavy (non-hydrogen) atoms. The third-order valence-electron chi connectivity index (χ3n) is 4.10. The quantitative estimate of drug-likeness (QED) is 0.287. The highest BCUT2D eigenvalue weighted by molar-refractivity contribution is 14.1. The largest absolute Gasteiger partial charge is 0.497 e. The normalized spacial score (nSPS) is 10.9. The van der Waals surface area contributed by atoms with E-state index in [4.69, 9.17) is 17.0 Å². The molecule has 0 unspecified atom stereocenters. The Morgan fingerprint density at radius 1 is 0.967 bits per heavy atom. The molecule has 0 aromatic heterocycles. The Hall–Kier alpha value is -2.37. The van der Waals surface area contributed by atoms with Crippen LogP contribution in [0.2, 0.25) is 0 Å². The van der Waals surface area contributed by atoms with Gasteiger partial charge in [0.25, 0.3) is 10.0 Å². The van der Waals surface area contributed by atoms with Crippen molar-refractivity contribution >= 4 is 67.0 Å². The van der Waals surface area contributed by atoms with E-state index in [1.165, 1.54) is 0 Å². The van der Waals surface area contributed by atoms with Gasteiger partial charge in [-0.3, -0.25) is 4.72 Å². The van der Waals surface area contributed by atoms with Crippen LogP contribution in [-0.4, -0.2) is 20.6 Å². The van der Waals surface area contributed by atoms with Gasteiger partial charge >= 0.3 is 0 Å². The summed E-state index contributed by atoms with van der Waals surface area (Å²) >= 11 is 7.54. The Morgan fingerprint density at radius 3 is 2.40 bits per heavy atom. The standard InChI is InChI=1S/C21H20IN3O3S2/c1-14-6-11-19(24-21(29)23-17-4-3-5-18(13-17)28-2)20(12-14)30(26,27)25-16-9-7-15(22)8-10-16/h3-13,25H,1-2H3,(H2,23,24,29). The molecule has 3 aromatic rings. The molecule has 0 amide bonds. The zero-order valence-electron chi connectivity index (χ0n) is 16.3. The SMILES string of the molecule is COc1cccc(NC(=S)Nc2ccc(C)cc2S(=O)(=O)Nc2ccc(I)cc2)c1. The highest BCUT2D eigenvalue weighted by atomic mass is 127. The molecule has 3 aromatic carbocycles. The zero-order valence-corrected chi connectivity index (χ0v) is 20.1. The summed E-state index contributed by atoms with van der Waals surface area (Å²) in [5.41, 5.74) is 2.40. The molecule has 0 saturated heterocycles. The highest BCUT2D eigenvalue weighted by Gasteiger charge is 2.20. The number of thiocarbonyl (C=S) groups is 1. The molecule has 3 N–H and O–H groups in total. The molecular weight excluding hydrogens is 533 g/mol. The van der Waals surface area contributed by atoms with Gasteiger partial charge in [0.2, 0.25) is 0 Å². The molecule has 156 valence electrons. The first-order chi connectivity index (χ1) is 14.3. The van der Waals surface area contributed by atoms with Crippen molar-refractivity contribution in [1.29, 1.82) is 0 Å². The smallest absolute Gasteiger partial charge is 0.263 e. The van der Waals surface area contributed by atoms with Gasteiger partial charge in [0.05, 0.1) is 12.8 Å². The second-order valence-electron chi connectivity index (χ2n) is 6.42. The first kappa shape index (κ1) is 22.3. The molecule has 0 bridgehead atoms. The van der Waals surface area contributed by atoms with Crippen LogP contribution < -0.4 is 20.1 Å². The van der Waals surface area contributed by atoms with Crippen molar-refractivity contribution in [3.8, 4) is 5.75 Å². The molecule has 0 aliphatic heterocycles. The first-order valence-electron chi connectivity index (χ1n) is 8.88.